The van der Waals surface area contributed by atoms with Crippen LogP contribution < -0.4 is 5.73 Å². The smallest absolute Gasteiger partial charge is 0.340 e. The van der Waals surface area contributed by atoms with Crippen molar-refractivity contribution < 1.29 is 9.53 Å². The number of carbonyl (C=O) groups is 1. The number of hydrogen-bond donors (Lipinski definition) is 1. The SMILES string of the molecule is COC(=O)c1c(N)cnc2c1CCC2. The molecule has 0 amide bonds. The minimum Gasteiger partial charge on any atom is -0.465 e. The number of carbonyl (C=O) groups excluding carboxylic acids is 1. The normalized spacial score (nSPS) is 13.8. The van der Waals surface area contributed by atoms with Gasteiger partial charge >= 0.3 is 5.97 Å². The van der Waals surface area contributed by atoms with E-state index in [9.17, 15) is 4.79 Å². The molecule has 0 aromatic carbocycles. The van der Waals surface area contributed by atoms with Crippen molar-refractivity contribution in [3.05, 3.63) is 23.0 Å². The van der Waals surface area contributed by atoms with Crippen LogP contribution in [0.1, 0.15) is 28.0 Å². The molecule has 4 nitrogen and oxygen atoms in total. The number of nitrogens with zero attached hydrogens (tertiary/aromatic N) is 1. The lowest BCUT2D eigenvalue weighted by Gasteiger charge is -2.08. The van der Waals surface area contributed by atoms with Crippen molar-refractivity contribution in [3.63, 3.8) is 0 Å². The van der Waals surface area contributed by atoms with E-state index < -0.39 is 0 Å². The third kappa shape index (κ3) is 1.23. The van der Waals surface area contributed by atoms with Gasteiger partial charge in [0.2, 0.25) is 0 Å². The predicted molar refractivity (Wildman–Crippen MR) is 52.0 cm³/mol. The highest BCUT2D eigenvalue weighted by molar-refractivity contribution is 5.96. The van der Waals surface area contributed by atoms with Gasteiger partial charge in [0.05, 0.1) is 24.6 Å². The van der Waals surface area contributed by atoms with Crippen molar-refractivity contribution in [2.24, 2.45) is 0 Å². The first kappa shape index (κ1) is 8.99. The van der Waals surface area contributed by atoms with Gasteiger partial charge in [-0.3, -0.25) is 4.98 Å². The van der Waals surface area contributed by atoms with Crippen molar-refractivity contribution in [1.82, 2.24) is 4.98 Å². The van der Waals surface area contributed by atoms with E-state index in [2.05, 4.69) is 4.98 Å². The fourth-order valence-corrected chi connectivity index (χ4v) is 1.87. The molecule has 0 saturated carbocycles. The first-order chi connectivity index (χ1) is 6.74. The van der Waals surface area contributed by atoms with Gasteiger partial charge in [-0.15, -0.1) is 0 Å². The Hall–Kier alpha value is -1.58. The first-order valence-electron chi connectivity index (χ1n) is 4.58. The van der Waals surface area contributed by atoms with Gasteiger partial charge in [0.15, 0.2) is 0 Å². The summed E-state index contributed by atoms with van der Waals surface area (Å²) < 4.78 is 4.70. The van der Waals surface area contributed by atoms with Crippen LogP contribution in [0.4, 0.5) is 5.69 Å². The fourth-order valence-electron chi connectivity index (χ4n) is 1.87. The summed E-state index contributed by atoms with van der Waals surface area (Å²) in [6.07, 6.45) is 4.38. The van der Waals surface area contributed by atoms with Crippen LogP contribution in [0.5, 0.6) is 0 Å². The first-order valence-corrected chi connectivity index (χ1v) is 4.58. The van der Waals surface area contributed by atoms with E-state index in [1.807, 2.05) is 0 Å². The molecular formula is C10H12N2O2. The molecule has 0 radical (unpaired) electrons. The number of pyridine rings is 1. The van der Waals surface area contributed by atoms with Gasteiger partial charge in [0, 0.05) is 5.69 Å². The Morgan fingerprint density at radius 3 is 3.07 bits per heavy atom. The van der Waals surface area contributed by atoms with Crippen LogP contribution in [-0.2, 0) is 17.6 Å². The molecule has 0 aliphatic heterocycles. The second-order valence-corrected chi connectivity index (χ2v) is 3.36. The second-order valence-electron chi connectivity index (χ2n) is 3.36. The molecule has 1 heterocycles. The number of nitrogen functional groups attached to an aromatic ring is 1. The Morgan fingerprint density at radius 2 is 2.36 bits per heavy atom. The zero-order valence-electron chi connectivity index (χ0n) is 8.04. The van der Waals surface area contributed by atoms with Crippen molar-refractivity contribution in [2.45, 2.75) is 19.3 Å². The summed E-state index contributed by atoms with van der Waals surface area (Å²) >= 11 is 0. The number of hydrogen-bond acceptors (Lipinski definition) is 4. The average molecular weight is 192 g/mol. The monoisotopic (exact) mass is 192 g/mol. The van der Waals surface area contributed by atoms with E-state index >= 15 is 0 Å². The second kappa shape index (κ2) is 3.29. The van der Waals surface area contributed by atoms with Crippen LogP contribution in [-0.4, -0.2) is 18.1 Å². The highest BCUT2D eigenvalue weighted by Crippen LogP contribution is 2.27. The predicted octanol–water partition coefficient (Wildman–Crippen LogP) is 0.939. The van der Waals surface area contributed by atoms with Crippen LogP contribution in [0.15, 0.2) is 6.20 Å². The number of aromatic nitrogens is 1. The molecule has 0 unspecified atom stereocenters. The Morgan fingerprint density at radius 1 is 1.57 bits per heavy atom. The fraction of sp³-hybridized carbons (Fsp3) is 0.400. The third-order valence-corrected chi connectivity index (χ3v) is 2.53. The Bertz CT molecular complexity index is 388. The molecule has 1 aromatic rings. The van der Waals surface area contributed by atoms with E-state index in [0.29, 0.717) is 11.3 Å². The van der Waals surface area contributed by atoms with Crippen LogP contribution in [0.3, 0.4) is 0 Å². The van der Waals surface area contributed by atoms with Crippen molar-refractivity contribution in [1.29, 1.82) is 0 Å². The largest absolute Gasteiger partial charge is 0.465 e. The minimum atomic E-state index is -0.358. The number of rotatable bonds is 1. The molecule has 1 aliphatic rings. The third-order valence-electron chi connectivity index (χ3n) is 2.53. The topological polar surface area (TPSA) is 65.2 Å². The summed E-state index contributed by atoms with van der Waals surface area (Å²) in [5.41, 5.74) is 8.59. The number of ether oxygens (including phenoxy) is 1. The molecule has 0 bridgehead atoms. The molecule has 4 heteroatoms. The van der Waals surface area contributed by atoms with E-state index in [1.54, 1.807) is 0 Å². The van der Waals surface area contributed by atoms with E-state index in [1.165, 1.54) is 13.3 Å². The van der Waals surface area contributed by atoms with Crippen LogP contribution in [0.2, 0.25) is 0 Å². The summed E-state index contributed by atoms with van der Waals surface area (Å²) in [5.74, 6) is -0.358. The lowest BCUT2D eigenvalue weighted by atomic mass is 10.1. The van der Waals surface area contributed by atoms with E-state index in [-0.39, 0.29) is 5.97 Å². The van der Waals surface area contributed by atoms with Gasteiger partial charge in [-0.05, 0) is 24.8 Å². The molecule has 1 aromatic heterocycles. The Kier molecular flexibility index (Phi) is 2.11. The lowest BCUT2D eigenvalue weighted by Crippen LogP contribution is -2.10. The molecule has 0 saturated heterocycles. The zero-order valence-corrected chi connectivity index (χ0v) is 8.04. The van der Waals surface area contributed by atoms with Crippen molar-refractivity contribution in [2.75, 3.05) is 12.8 Å². The maximum absolute atomic E-state index is 11.5. The minimum absolute atomic E-state index is 0.358. The van der Waals surface area contributed by atoms with Gasteiger partial charge in [-0.1, -0.05) is 0 Å². The van der Waals surface area contributed by atoms with Gasteiger partial charge in [-0.25, -0.2) is 4.79 Å². The molecule has 14 heavy (non-hydrogen) atoms. The van der Waals surface area contributed by atoms with E-state index in [4.69, 9.17) is 10.5 Å². The molecule has 2 rings (SSSR count). The molecular weight excluding hydrogens is 180 g/mol. The number of aryl methyl sites for hydroxylation is 1. The van der Waals surface area contributed by atoms with Gasteiger partial charge in [-0.2, -0.15) is 0 Å². The van der Waals surface area contributed by atoms with Gasteiger partial charge in [0.1, 0.15) is 0 Å². The van der Waals surface area contributed by atoms with Crippen molar-refractivity contribution in [3.8, 4) is 0 Å². The highest BCUT2D eigenvalue weighted by atomic mass is 16.5. The molecule has 1 aliphatic carbocycles. The lowest BCUT2D eigenvalue weighted by molar-refractivity contribution is 0.0600. The van der Waals surface area contributed by atoms with Crippen LogP contribution >= 0.6 is 0 Å². The number of esters is 1. The van der Waals surface area contributed by atoms with E-state index in [0.717, 1.165) is 30.5 Å². The quantitative estimate of drug-likeness (QED) is 0.672. The highest BCUT2D eigenvalue weighted by Gasteiger charge is 2.23. The maximum Gasteiger partial charge on any atom is 0.340 e. The standard InChI is InChI=1S/C10H12N2O2/c1-14-10(13)9-6-3-2-4-8(6)12-5-7(9)11/h5H,2-4,11H2,1H3. The maximum atomic E-state index is 11.5. The summed E-state index contributed by atoms with van der Waals surface area (Å²) in [7, 11) is 1.36. The Balaban J connectivity index is 2.57. The van der Waals surface area contributed by atoms with Gasteiger partial charge < -0.3 is 10.5 Å². The number of nitrogens with two attached hydrogens (primary N) is 1. The van der Waals surface area contributed by atoms with Gasteiger partial charge in [0.25, 0.3) is 0 Å². The summed E-state index contributed by atoms with van der Waals surface area (Å²) in [6.45, 7) is 0. The molecule has 74 valence electrons. The summed E-state index contributed by atoms with van der Waals surface area (Å²) in [6, 6.07) is 0. The van der Waals surface area contributed by atoms with Crippen molar-refractivity contribution >= 4 is 11.7 Å². The molecule has 2 N–H and O–H groups in total. The van der Waals surface area contributed by atoms with Crippen LogP contribution in [0, 0.1) is 0 Å². The summed E-state index contributed by atoms with van der Waals surface area (Å²) in [5, 5.41) is 0. The zero-order chi connectivity index (χ0) is 10.1. The molecule has 0 atom stereocenters. The number of fused-ring (bicyclic) bond motifs is 1. The van der Waals surface area contributed by atoms with Crippen LogP contribution in [0.25, 0.3) is 0 Å². The Labute approximate surface area is 82.1 Å². The summed E-state index contributed by atoms with van der Waals surface area (Å²) in [4.78, 5) is 15.7. The molecule has 0 fully saturated rings. The number of methoxy groups -OCH3 is 1. The number of anilines is 1. The average Bonchev–Trinajstić information content (AvgIpc) is 2.64. The molecule has 0 spiro atoms.